The number of primary sulfonamides is 1. The van der Waals surface area contributed by atoms with E-state index in [2.05, 4.69) is 0 Å². The SMILES string of the molecule is CCn1cc(S(N)(=O)=O)cc1C(=O)OCC1CCCO1. The number of aromatic nitrogens is 1. The van der Waals surface area contributed by atoms with E-state index in [1.54, 1.807) is 6.92 Å². The van der Waals surface area contributed by atoms with E-state index < -0.39 is 16.0 Å². The molecule has 0 aromatic carbocycles. The van der Waals surface area contributed by atoms with Gasteiger partial charge in [-0.2, -0.15) is 0 Å². The summed E-state index contributed by atoms with van der Waals surface area (Å²) < 4.78 is 34.6. The van der Waals surface area contributed by atoms with Gasteiger partial charge < -0.3 is 14.0 Å². The minimum absolute atomic E-state index is 0.0679. The van der Waals surface area contributed by atoms with Crippen molar-refractivity contribution in [3.8, 4) is 0 Å². The van der Waals surface area contributed by atoms with E-state index in [1.807, 2.05) is 0 Å². The molecule has 1 fully saturated rings. The molecule has 0 aliphatic carbocycles. The highest BCUT2D eigenvalue weighted by Crippen LogP contribution is 2.16. The number of nitrogens with two attached hydrogens (primary N) is 1. The molecule has 7 nitrogen and oxygen atoms in total. The molecule has 1 aromatic heterocycles. The molecule has 2 N–H and O–H groups in total. The van der Waals surface area contributed by atoms with Gasteiger partial charge in [0.25, 0.3) is 0 Å². The molecule has 0 spiro atoms. The second kappa shape index (κ2) is 5.94. The van der Waals surface area contributed by atoms with Crippen molar-refractivity contribution in [2.75, 3.05) is 13.2 Å². The lowest BCUT2D eigenvalue weighted by Gasteiger charge is -2.11. The maximum atomic E-state index is 12.0. The fourth-order valence-corrected chi connectivity index (χ4v) is 2.64. The lowest BCUT2D eigenvalue weighted by Crippen LogP contribution is -2.19. The highest BCUT2D eigenvalue weighted by molar-refractivity contribution is 7.89. The third-order valence-corrected chi connectivity index (χ3v) is 4.05. The third kappa shape index (κ3) is 3.38. The number of hydrogen-bond acceptors (Lipinski definition) is 5. The molecule has 1 aromatic rings. The Bertz CT molecular complexity index is 587. The van der Waals surface area contributed by atoms with Gasteiger partial charge in [0.1, 0.15) is 17.2 Å². The molecule has 20 heavy (non-hydrogen) atoms. The van der Waals surface area contributed by atoms with Crippen molar-refractivity contribution in [2.24, 2.45) is 5.14 Å². The number of carbonyl (C=O) groups is 1. The molecule has 1 saturated heterocycles. The number of sulfonamides is 1. The molecule has 0 bridgehead atoms. The monoisotopic (exact) mass is 302 g/mol. The molecular weight excluding hydrogens is 284 g/mol. The van der Waals surface area contributed by atoms with Gasteiger partial charge in [-0.1, -0.05) is 0 Å². The van der Waals surface area contributed by atoms with Crippen LogP contribution < -0.4 is 5.14 Å². The quantitative estimate of drug-likeness (QED) is 0.798. The first kappa shape index (κ1) is 15.0. The lowest BCUT2D eigenvalue weighted by molar-refractivity contribution is 0.0152. The summed E-state index contributed by atoms with van der Waals surface area (Å²) in [4.78, 5) is 11.9. The Morgan fingerprint density at radius 2 is 2.35 bits per heavy atom. The highest BCUT2D eigenvalue weighted by Gasteiger charge is 2.22. The minimum Gasteiger partial charge on any atom is -0.458 e. The van der Waals surface area contributed by atoms with Crippen molar-refractivity contribution >= 4 is 16.0 Å². The van der Waals surface area contributed by atoms with Gasteiger partial charge in [0.2, 0.25) is 10.0 Å². The predicted octanol–water partition coefficient (Wildman–Crippen LogP) is 0.491. The molecule has 2 heterocycles. The number of hydrogen-bond donors (Lipinski definition) is 1. The normalized spacial score (nSPS) is 19.2. The van der Waals surface area contributed by atoms with E-state index in [0.29, 0.717) is 13.2 Å². The molecule has 112 valence electrons. The van der Waals surface area contributed by atoms with E-state index in [9.17, 15) is 13.2 Å². The van der Waals surface area contributed by atoms with E-state index >= 15 is 0 Å². The van der Waals surface area contributed by atoms with Crippen LogP contribution in [0.5, 0.6) is 0 Å². The minimum atomic E-state index is -3.83. The Hall–Kier alpha value is -1.38. The van der Waals surface area contributed by atoms with Crippen molar-refractivity contribution < 1.29 is 22.7 Å². The van der Waals surface area contributed by atoms with Gasteiger partial charge in [0.05, 0.1) is 6.10 Å². The average molecular weight is 302 g/mol. The van der Waals surface area contributed by atoms with Crippen LogP contribution in [0.25, 0.3) is 0 Å². The smallest absolute Gasteiger partial charge is 0.355 e. The Kier molecular flexibility index (Phi) is 4.46. The van der Waals surface area contributed by atoms with Crippen molar-refractivity contribution in [2.45, 2.75) is 37.3 Å². The summed E-state index contributed by atoms with van der Waals surface area (Å²) in [5.74, 6) is -0.572. The number of esters is 1. The summed E-state index contributed by atoms with van der Waals surface area (Å²) >= 11 is 0. The first-order valence-corrected chi connectivity index (χ1v) is 7.98. The molecule has 0 radical (unpaired) electrons. The summed E-state index contributed by atoms with van der Waals surface area (Å²) in [5.41, 5.74) is 0.175. The van der Waals surface area contributed by atoms with E-state index in [1.165, 1.54) is 16.8 Å². The van der Waals surface area contributed by atoms with Gasteiger partial charge in [0, 0.05) is 19.3 Å². The van der Waals surface area contributed by atoms with E-state index in [-0.39, 0.29) is 23.3 Å². The van der Waals surface area contributed by atoms with Crippen molar-refractivity contribution in [3.63, 3.8) is 0 Å². The van der Waals surface area contributed by atoms with Crippen LogP contribution in [-0.4, -0.2) is 38.3 Å². The summed E-state index contributed by atoms with van der Waals surface area (Å²) in [6.07, 6.45) is 3.09. The maximum absolute atomic E-state index is 12.0. The van der Waals surface area contributed by atoms with Gasteiger partial charge >= 0.3 is 5.97 Å². The summed E-state index contributed by atoms with van der Waals surface area (Å²) in [5, 5.41) is 5.05. The standard InChI is InChI=1S/C12H18N2O5S/c1-2-14-7-10(20(13,16)17)6-11(14)12(15)19-8-9-4-3-5-18-9/h6-7,9H,2-5,8H2,1H3,(H2,13,16,17). The maximum Gasteiger partial charge on any atom is 0.355 e. The van der Waals surface area contributed by atoms with E-state index in [4.69, 9.17) is 14.6 Å². The number of carbonyl (C=O) groups excluding carboxylic acids is 1. The molecule has 1 unspecified atom stereocenters. The van der Waals surface area contributed by atoms with Crippen LogP contribution in [0.2, 0.25) is 0 Å². The van der Waals surface area contributed by atoms with Crippen LogP contribution in [0.4, 0.5) is 0 Å². The largest absolute Gasteiger partial charge is 0.458 e. The second-order valence-corrected chi connectivity index (χ2v) is 6.19. The highest BCUT2D eigenvalue weighted by atomic mass is 32.2. The second-order valence-electron chi connectivity index (χ2n) is 4.63. The molecular formula is C12H18N2O5S. The zero-order valence-corrected chi connectivity index (χ0v) is 12.1. The first-order valence-electron chi connectivity index (χ1n) is 6.43. The molecule has 0 saturated carbocycles. The molecule has 1 atom stereocenters. The average Bonchev–Trinajstić information content (AvgIpc) is 3.03. The summed E-state index contributed by atoms with van der Waals surface area (Å²) in [6, 6.07) is 1.23. The molecule has 8 heteroatoms. The Labute approximate surface area is 117 Å². The van der Waals surface area contributed by atoms with Crippen LogP contribution in [0.15, 0.2) is 17.2 Å². The summed E-state index contributed by atoms with van der Waals surface area (Å²) in [7, 11) is -3.83. The fourth-order valence-electron chi connectivity index (χ4n) is 2.09. The van der Waals surface area contributed by atoms with Gasteiger partial charge in [-0.05, 0) is 25.8 Å². The van der Waals surface area contributed by atoms with Gasteiger partial charge in [-0.25, -0.2) is 18.4 Å². The molecule has 1 aliphatic heterocycles. The fraction of sp³-hybridized carbons (Fsp3) is 0.583. The third-order valence-electron chi connectivity index (χ3n) is 3.17. The molecule has 2 rings (SSSR count). The molecule has 0 amide bonds. The van der Waals surface area contributed by atoms with Crippen molar-refractivity contribution in [1.29, 1.82) is 0 Å². The zero-order chi connectivity index (χ0) is 14.8. The topological polar surface area (TPSA) is 101 Å². The first-order chi connectivity index (χ1) is 9.41. The zero-order valence-electron chi connectivity index (χ0n) is 11.2. The van der Waals surface area contributed by atoms with Crippen LogP contribution in [0.1, 0.15) is 30.3 Å². The Balaban J connectivity index is 2.10. The predicted molar refractivity (Wildman–Crippen MR) is 70.7 cm³/mol. The van der Waals surface area contributed by atoms with Crippen molar-refractivity contribution in [3.05, 3.63) is 18.0 Å². The van der Waals surface area contributed by atoms with Gasteiger partial charge in [0.15, 0.2) is 0 Å². The van der Waals surface area contributed by atoms with Crippen LogP contribution in [-0.2, 0) is 26.0 Å². The van der Waals surface area contributed by atoms with Crippen LogP contribution >= 0.6 is 0 Å². The van der Waals surface area contributed by atoms with Crippen LogP contribution in [0, 0.1) is 0 Å². The number of nitrogens with zero attached hydrogens (tertiary/aromatic N) is 1. The number of rotatable bonds is 5. The molecule has 1 aliphatic rings. The summed E-state index contributed by atoms with van der Waals surface area (Å²) in [6.45, 7) is 3.10. The van der Waals surface area contributed by atoms with Gasteiger partial charge in [-0.3, -0.25) is 0 Å². The number of aryl methyl sites for hydroxylation is 1. The van der Waals surface area contributed by atoms with Crippen LogP contribution in [0.3, 0.4) is 0 Å². The van der Waals surface area contributed by atoms with E-state index in [0.717, 1.165) is 12.8 Å². The lowest BCUT2D eigenvalue weighted by atomic mass is 10.2. The number of ether oxygens (including phenoxy) is 2. The van der Waals surface area contributed by atoms with Crippen molar-refractivity contribution in [1.82, 2.24) is 4.57 Å². The van der Waals surface area contributed by atoms with Gasteiger partial charge in [-0.15, -0.1) is 0 Å². The Morgan fingerprint density at radius 1 is 1.60 bits per heavy atom. The Morgan fingerprint density at radius 3 is 2.90 bits per heavy atom.